The monoisotopic (exact) mass is 321 g/mol. The highest BCUT2D eigenvalue weighted by Gasteiger charge is 2.47. The third kappa shape index (κ3) is 3.37. The minimum Gasteiger partial charge on any atom is -0.493 e. The van der Waals surface area contributed by atoms with E-state index in [9.17, 15) is 5.11 Å². The van der Waals surface area contributed by atoms with Gasteiger partial charge in [0.15, 0.2) is 5.75 Å². The van der Waals surface area contributed by atoms with Crippen molar-refractivity contribution >= 4 is 58.3 Å². The minimum absolute atomic E-state index is 0.224. The van der Waals surface area contributed by atoms with Gasteiger partial charge in [0.25, 0.3) is 0 Å². The van der Waals surface area contributed by atoms with E-state index in [0.717, 1.165) is 11.2 Å². The molecule has 0 fully saturated rings. The van der Waals surface area contributed by atoms with E-state index >= 15 is 0 Å². The van der Waals surface area contributed by atoms with E-state index in [-0.39, 0.29) is 10.2 Å². The number of pyridine rings is 1. The fraction of sp³-hybridized carbons (Fsp3) is 0.462. The molecule has 5 nitrogen and oxygen atoms in total. The van der Waals surface area contributed by atoms with Crippen LogP contribution in [0.1, 0.15) is 12.1 Å². The zero-order chi connectivity index (χ0) is 18.3. The summed E-state index contributed by atoms with van der Waals surface area (Å²) in [6.45, 7) is 0. The second-order valence-corrected chi connectivity index (χ2v) is 8.66. The molecule has 0 amide bonds. The number of ether oxygens (including phenoxy) is 1. The van der Waals surface area contributed by atoms with Gasteiger partial charge in [-0.25, -0.2) is 4.52 Å². The van der Waals surface area contributed by atoms with Crippen LogP contribution in [0.5, 0.6) is 5.75 Å². The molecule has 2 aromatic heterocycles. The quantitative estimate of drug-likeness (QED) is 0.527. The molecule has 3 N–H and O–H groups in total. The van der Waals surface area contributed by atoms with Crippen molar-refractivity contribution in [2.24, 2.45) is 0 Å². The van der Waals surface area contributed by atoms with E-state index in [0.29, 0.717) is 24.3 Å². The van der Waals surface area contributed by atoms with Crippen molar-refractivity contribution in [2.45, 2.75) is 28.7 Å². The second kappa shape index (κ2) is 6.17. The molecule has 2 rings (SSSR count). The van der Waals surface area contributed by atoms with Crippen molar-refractivity contribution in [2.75, 3.05) is 12.8 Å². The molecule has 0 saturated heterocycles. The molecule has 0 spiro atoms. The van der Waals surface area contributed by atoms with Gasteiger partial charge >= 0.3 is 0 Å². The predicted octanol–water partition coefficient (Wildman–Crippen LogP) is -4.47. The highest BCUT2D eigenvalue weighted by Crippen LogP contribution is 2.45. The second-order valence-electron chi connectivity index (χ2n) is 8.66. The molecule has 2 heterocycles. The fourth-order valence-electron chi connectivity index (χ4n) is 3.57. The summed E-state index contributed by atoms with van der Waals surface area (Å²) >= 11 is 0. The third-order valence-corrected chi connectivity index (χ3v) is 5.09. The maximum Gasteiger partial charge on any atom is 0.160 e. The number of nitrogen functional groups attached to an aromatic ring is 1. The first-order valence-electron chi connectivity index (χ1n) is 8.43. The number of rotatable bonds is 6. The summed E-state index contributed by atoms with van der Waals surface area (Å²) in [6.07, 6.45) is 3.14. The van der Waals surface area contributed by atoms with Crippen molar-refractivity contribution in [1.82, 2.24) is 9.61 Å². The number of methoxy groups -OCH3 is 1. The van der Waals surface area contributed by atoms with Gasteiger partial charge in [0, 0.05) is 5.60 Å². The highest BCUT2D eigenvalue weighted by molar-refractivity contribution is 6.65. The Morgan fingerprint density at radius 3 is 2.25 bits per heavy atom. The smallest absolute Gasteiger partial charge is 0.160 e. The number of hydrogen-bond acceptors (Lipinski definition) is 4. The van der Waals surface area contributed by atoms with Gasteiger partial charge in [-0.1, -0.05) is 10.2 Å². The third-order valence-electron chi connectivity index (χ3n) is 5.09. The number of fused-ring (bicyclic) bond motifs is 1. The fourth-order valence-corrected chi connectivity index (χ4v) is 3.57. The Morgan fingerprint density at radius 2 is 1.75 bits per heavy atom. The number of hydrogen-bond donors (Lipinski definition) is 2. The van der Waals surface area contributed by atoms with E-state index in [4.69, 9.17) is 10.5 Å². The average molecular weight is 320 g/mol. The van der Waals surface area contributed by atoms with Crippen LogP contribution in [-0.4, -0.2) is 74.5 Å². The molecular weight excluding hydrogens is 295 g/mol. The van der Waals surface area contributed by atoms with Crippen LogP contribution in [0.25, 0.3) is 5.52 Å². The lowest BCUT2D eigenvalue weighted by molar-refractivity contribution is 0.0329. The summed E-state index contributed by atoms with van der Waals surface area (Å²) in [6, 6.07) is 3.87. The summed E-state index contributed by atoms with van der Waals surface area (Å²) in [7, 11) is 14.1. The van der Waals surface area contributed by atoms with Crippen molar-refractivity contribution in [3.8, 4) is 5.75 Å². The molecule has 0 aliphatic carbocycles. The lowest BCUT2D eigenvalue weighted by Gasteiger charge is -2.51. The highest BCUT2D eigenvalue weighted by atomic mass is 16.5. The summed E-state index contributed by atoms with van der Waals surface area (Å²) in [4.78, 5) is 0. The van der Waals surface area contributed by atoms with Crippen LogP contribution in [0.2, 0.25) is 10.2 Å². The maximum atomic E-state index is 11.4. The van der Waals surface area contributed by atoms with Gasteiger partial charge < -0.3 is 15.6 Å². The van der Waals surface area contributed by atoms with Crippen molar-refractivity contribution in [3.63, 3.8) is 0 Å². The predicted molar refractivity (Wildman–Crippen MR) is 116 cm³/mol. The SMILES string of the molecule is BC(B)(B)C(O)(CCc1cc2cc(N)c(OC)cn2n1)C(B)(B)B. The van der Waals surface area contributed by atoms with Crippen LogP contribution in [0.3, 0.4) is 0 Å². The molecule has 0 aliphatic rings. The number of aliphatic hydroxyl groups is 1. The van der Waals surface area contributed by atoms with Crippen LogP contribution >= 0.6 is 0 Å². The topological polar surface area (TPSA) is 72.8 Å². The van der Waals surface area contributed by atoms with Gasteiger partial charge in [-0.15, -0.1) is 0 Å². The standard InChI is InChI=1S/C13H25B6N3O2/c1-24-10-6-22-8(5-9(10)20)4-7(21-22)2-3-11(23,12(14,15)16)13(17,18)19/h4-6,23H,2-3,14-20H2,1H3. The molecule has 0 aliphatic heterocycles. The van der Waals surface area contributed by atoms with Crippen LogP contribution in [0, 0.1) is 0 Å². The minimum atomic E-state index is -0.799. The Kier molecular flexibility index (Phi) is 4.88. The van der Waals surface area contributed by atoms with Crippen molar-refractivity contribution < 1.29 is 9.84 Å². The summed E-state index contributed by atoms with van der Waals surface area (Å²) < 4.78 is 7.02. The average Bonchev–Trinajstić information content (AvgIpc) is 2.82. The largest absolute Gasteiger partial charge is 0.493 e. The van der Waals surface area contributed by atoms with Crippen molar-refractivity contribution in [3.05, 3.63) is 24.0 Å². The van der Waals surface area contributed by atoms with E-state index in [1.807, 2.05) is 12.1 Å². The van der Waals surface area contributed by atoms with E-state index < -0.39 is 5.60 Å². The molecule has 122 valence electrons. The van der Waals surface area contributed by atoms with Crippen LogP contribution in [0.4, 0.5) is 5.69 Å². The lowest BCUT2D eigenvalue weighted by Crippen LogP contribution is -2.55. The molecule has 24 heavy (non-hydrogen) atoms. The zero-order valence-corrected chi connectivity index (χ0v) is 16.0. The Morgan fingerprint density at radius 1 is 1.17 bits per heavy atom. The first-order chi connectivity index (χ1) is 10.9. The number of nitrogens with zero attached hydrogens (tertiary/aromatic N) is 2. The first kappa shape index (κ1) is 19.0. The van der Waals surface area contributed by atoms with Crippen molar-refractivity contribution in [1.29, 1.82) is 0 Å². The first-order valence-corrected chi connectivity index (χ1v) is 8.43. The number of anilines is 1. The van der Waals surface area contributed by atoms with Gasteiger partial charge in [0.2, 0.25) is 0 Å². The van der Waals surface area contributed by atoms with Gasteiger partial charge in [-0.2, -0.15) is 5.10 Å². The molecule has 0 bridgehead atoms. The molecule has 0 atom stereocenters. The maximum absolute atomic E-state index is 11.4. The molecule has 0 radical (unpaired) electrons. The molecule has 0 aromatic carbocycles. The Hall–Kier alpha value is -1.36. The van der Waals surface area contributed by atoms with Gasteiger partial charge in [0.05, 0.1) is 77.3 Å². The number of aromatic nitrogens is 2. The van der Waals surface area contributed by atoms with Gasteiger partial charge in [0.1, 0.15) is 0 Å². The number of aryl methyl sites for hydroxylation is 1. The van der Waals surface area contributed by atoms with E-state index in [2.05, 4.69) is 52.2 Å². The Labute approximate surface area is 149 Å². The Balaban J connectivity index is 2.29. The molecule has 0 unspecified atom stereocenters. The van der Waals surface area contributed by atoms with Crippen LogP contribution < -0.4 is 10.5 Å². The molecular formula is C13H25B6N3O2. The zero-order valence-electron chi connectivity index (χ0n) is 16.0. The molecule has 0 saturated carbocycles. The molecule has 2 aromatic rings. The van der Waals surface area contributed by atoms with Crippen LogP contribution in [-0.2, 0) is 6.42 Å². The molecule has 11 heteroatoms. The summed E-state index contributed by atoms with van der Waals surface area (Å²) in [5.74, 6) is 0.609. The summed E-state index contributed by atoms with van der Waals surface area (Å²) in [5.41, 5.74) is 7.62. The van der Waals surface area contributed by atoms with E-state index in [1.165, 1.54) is 0 Å². The van der Waals surface area contributed by atoms with Gasteiger partial charge in [-0.3, -0.25) is 0 Å². The lowest BCUT2D eigenvalue weighted by atomic mass is 9.22. The van der Waals surface area contributed by atoms with Gasteiger partial charge in [-0.05, 0) is 25.0 Å². The Bertz CT molecular complexity index is 724. The van der Waals surface area contributed by atoms with Crippen LogP contribution in [0.15, 0.2) is 18.3 Å². The summed E-state index contributed by atoms with van der Waals surface area (Å²) in [5, 5.41) is 15.5. The normalized spacial score (nSPS) is 13.2. The number of nitrogens with two attached hydrogens (primary N) is 1. The van der Waals surface area contributed by atoms with E-state index in [1.54, 1.807) is 17.8 Å².